The fraction of sp³-hybridized carbons (Fsp3) is 0.400. The van der Waals surface area contributed by atoms with E-state index in [1.807, 2.05) is 0 Å². The summed E-state index contributed by atoms with van der Waals surface area (Å²) in [4.78, 5) is 20.6. The van der Waals surface area contributed by atoms with Crippen LogP contribution in [0.15, 0.2) is 28.2 Å². The van der Waals surface area contributed by atoms with Gasteiger partial charge in [-0.3, -0.25) is 4.79 Å². The van der Waals surface area contributed by atoms with Gasteiger partial charge in [0.2, 0.25) is 0 Å². The SMILES string of the molecule is CCOC(=O)C1SC(=Nc2ccc(OC)c(OC)c2)N=C1C. The number of hydrogen-bond donors (Lipinski definition) is 0. The normalized spacial score (nSPS) is 19.0. The first-order valence-corrected chi connectivity index (χ1v) is 7.66. The van der Waals surface area contributed by atoms with Gasteiger partial charge in [-0.2, -0.15) is 0 Å². The Morgan fingerprint density at radius 1 is 1.32 bits per heavy atom. The molecule has 0 N–H and O–H groups in total. The number of esters is 1. The highest BCUT2D eigenvalue weighted by Crippen LogP contribution is 2.33. The highest BCUT2D eigenvalue weighted by Gasteiger charge is 2.31. The molecule has 7 heteroatoms. The van der Waals surface area contributed by atoms with Crippen LogP contribution < -0.4 is 9.47 Å². The van der Waals surface area contributed by atoms with Gasteiger partial charge < -0.3 is 14.2 Å². The van der Waals surface area contributed by atoms with E-state index in [0.29, 0.717) is 34.7 Å². The molecule has 0 fully saturated rings. The number of rotatable bonds is 5. The topological polar surface area (TPSA) is 69.5 Å². The van der Waals surface area contributed by atoms with Crippen molar-refractivity contribution in [2.24, 2.45) is 9.98 Å². The molecule has 1 aliphatic heterocycles. The lowest BCUT2D eigenvalue weighted by Gasteiger charge is -2.08. The minimum absolute atomic E-state index is 0.286. The van der Waals surface area contributed by atoms with E-state index in [2.05, 4.69) is 9.98 Å². The van der Waals surface area contributed by atoms with Crippen LogP contribution in [0.1, 0.15) is 13.8 Å². The van der Waals surface area contributed by atoms with Crippen molar-refractivity contribution < 1.29 is 19.0 Å². The number of hydrogen-bond acceptors (Lipinski definition) is 6. The van der Waals surface area contributed by atoms with Crippen LogP contribution in [-0.2, 0) is 9.53 Å². The number of amidine groups is 1. The largest absolute Gasteiger partial charge is 0.493 e. The summed E-state index contributed by atoms with van der Waals surface area (Å²) in [6, 6.07) is 5.34. The predicted molar refractivity (Wildman–Crippen MR) is 87.8 cm³/mol. The van der Waals surface area contributed by atoms with Crippen molar-refractivity contribution in [3.8, 4) is 11.5 Å². The number of thioether (sulfide) groups is 1. The zero-order chi connectivity index (χ0) is 16.1. The van der Waals surface area contributed by atoms with Gasteiger partial charge in [-0.25, -0.2) is 9.98 Å². The molecule has 1 aromatic rings. The maximum Gasteiger partial charge on any atom is 0.325 e. The molecule has 118 valence electrons. The first-order chi connectivity index (χ1) is 10.6. The second-order valence-electron chi connectivity index (χ2n) is 4.44. The van der Waals surface area contributed by atoms with Gasteiger partial charge >= 0.3 is 5.97 Å². The minimum Gasteiger partial charge on any atom is -0.493 e. The predicted octanol–water partition coefficient (Wildman–Crippen LogP) is 2.83. The third kappa shape index (κ3) is 3.59. The zero-order valence-corrected chi connectivity index (χ0v) is 13.8. The lowest BCUT2D eigenvalue weighted by Crippen LogP contribution is -2.24. The summed E-state index contributed by atoms with van der Waals surface area (Å²) in [5.41, 5.74) is 1.38. The number of benzene rings is 1. The van der Waals surface area contributed by atoms with E-state index in [1.165, 1.54) is 11.8 Å². The van der Waals surface area contributed by atoms with Gasteiger partial charge in [-0.05, 0) is 26.0 Å². The molecule has 0 bridgehead atoms. The van der Waals surface area contributed by atoms with E-state index in [4.69, 9.17) is 14.2 Å². The lowest BCUT2D eigenvalue weighted by atomic mass is 10.3. The molecule has 0 aromatic heterocycles. The van der Waals surface area contributed by atoms with Gasteiger partial charge in [0.15, 0.2) is 16.7 Å². The van der Waals surface area contributed by atoms with Gasteiger partial charge in [-0.15, -0.1) is 0 Å². The maximum absolute atomic E-state index is 11.8. The summed E-state index contributed by atoms with van der Waals surface area (Å²) in [5, 5.41) is 0.113. The van der Waals surface area contributed by atoms with Crippen molar-refractivity contribution in [2.45, 2.75) is 19.1 Å². The molecule has 0 amide bonds. The Morgan fingerprint density at radius 3 is 2.68 bits per heavy atom. The van der Waals surface area contributed by atoms with E-state index in [9.17, 15) is 4.79 Å². The van der Waals surface area contributed by atoms with Crippen molar-refractivity contribution in [3.63, 3.8) is 0 Å². The second kappa shape index (κ2) is 7.31. The average Bonchev–Trinajstić information content (AvgIpc) is 2.88. The molecule has 1 aromatic carbocycles. The fourth-order valence-electron chi connectivity index (χ4n) is 1.92. The maximum atomic E-state index is 11.8. The van der Waals surface area contributed by atoms with Crippen molar-refractivity contribution >= 4 is 34.3 Å². The number of carbonyl (C=O) groups is 1. The summed E-state index contributed by atoms with van der Waals surface area (Å²) < 4.78 is 15.5. The third-order valence-electron chi connectivity index (χ3n) is 2.97. The van der Waals surface area contributed by atoms with E-state index >= 15 is 0 Å². The Morgan fingerprint density at radius 2 is 2.05 bits per heavy atom. The fourth-order valence-corrected chi connectivity index (χ4v) is 2.87. The van der Waals surface area contributed by atoms with Crippen LogP contribution in [0, 0.1) is 0 Å². The van der Waals surface area contributed by atoms with E-state index in [0.717, 1.165) is 0 Å². The van der Waals surface area contributed by atoms with Crippen molar-refractivity contribution in [2.75, 3.05) is 20.8 Å². The number of aliphatic imine (C=N–C) groups is 2. The lowest BCUT2D eigenvalue weighted by molar-refractivity contribution is -0.141. The van der Waals surface area contributed by atoms with Gasteiger partial charge in [0.05, 0.1) is 26.5 Å². The van der Waals surface area contributed by atoms with Crippen LogP contribution in [0.2, 0.25) is 0 Å². The van der Waals surface area contributed by atoms with Crippen LogP contribution in [-0.4, -0.2) is 42.9 Å². The molecular formula is C15H18N2O4S. The number of ether oxygens (including phenoxy) is 3. The number of carbonyl (C=O) groups excluding carboxylic acids is 1. The Balaban J connectivity index is 2.19. The van der Waals surface area contributed by atoms with Crippen LogP contribution >= 0.6 is 11.8 Å². The minimum atomic E-state index is -0.418. The quantitative estimate of drug-likeness (QED) is 0.780. The van der Waals surface area contributed by atoms with Crippen LogP contribution in [0.5, 0.6) is 11.5 Å². The first-order valence-electron chi connectivity index (χ1n) is 6.78. The Kier molecular flexibility index (Phi) is 5.43. The molecule has 1 aliphatic rings. The molecule has 22 heavy (non-hydrogen) atoms. The van der Waals surface area contributed by atoms with E-state index in [1.54, 1.807) is 46.3 Å². The molecule has 0 saturated carbocycles. The highest BCUT2D eigenvalue weighted by atomic mass is 32.2. The smallest absolute Gasteiger partial charge is 0.325 e. The van der Waals surface area contributed by atoms with Gasteiger partial charge in [0.1, 0.15) is 5.25 Å². The molecule has 0 spiro atoms. The molecule has 2 rings (SSSR count). The summed E-state index contributed by atoms with van der Waals surface area (Å²) in [6.07, 6.45) is 0. The molecule has 6 nitrogen and oxygen atoms in total. The average molecular weight is 322 g/mol. The molecule has 1 unspecified atom stereocenters. The Hall–Kier alpha value is -2.02. The Labute approximate surface area is 133 Å². The monoisotopic (exact) mass is 322 g/mol. The number of methoxy groups -OCH3 is 2. The molecule has 0 saturated heterocycles. The van der Waals surface area contributed by atoms with Crippen molar-refractivity contribution in [3.05, 3.63) is 18.2 Å². The zero-order valence-electron chi connectivity index (χ0n) is 13.0. The van der Waals surface area contributed by atoms with Gasteiger partial charge in [-0.1, -0.05) is 11.8 Å². The molecule has 0 radical (unpaired) electrons. The highest BCUT2D eigenvalue weighted by molar-refractivity contribution is 8.16. The molecular weight excluding hydrogens is 304 g/mol. The third-order valence-corrected chi connectivity index (χ3v) is 4.13. The van der Waals surface area contributed by atoms with Gasteiger partial charge in [0.25, 0.3) is 0 Å². The van der Waals surface area contributed by atoms with Crippen LogP contribution in [0.3, 0.4) is 0 Å². The van der Waals surface area contributed by atoms with Gasteiger partial charge in [0, 0.05) is 11.8 Å². The molecule has 0 aliphatic carbocycles. The summed E-state index contributed by atoms with van der Waals surface area (Å²) >= 11 is 1.28. The summed E-state index contributed by atoms with van der Waals surface area (Å²) in [5.74, 6) is 0.941. The van der Waals surface area contributed by atoms with Crippen molar-refractivity contribution in [1.29, 1.82) is 0 Å². The first kappa shape index (κ1) is 16.4. The van der Waals surface area contributed by atoms with E-state index < -0.39 is 5.25 Å². The Bertz CT molecular complexity index is 628. The van der Waals surface area contributed by atoms with E-state index in [-0.39, 0.29) is 5.97 Å². The van der Waals surface area contributed by atoms with Crippen LogP contribution in [0.4, 0.5) is 5.69 Å². The van der Waals surface area contributed by atoms with Crippen molar-refractivity contribution in [1.82, 2.24) is 0 Å². The molecule has 1 atom stereocenters. The summed E-state index contributed by atoms with van der Waals surface area (Å²) in [7, 11) is 3.14. The number of nitrogens with zero attached hydrogens (tertiary/aromatic N) is 2. The second-order valence-corrected chi connectivity index (χ2v) is 5.51. The van der Waals surface area contributed by atoms with Crippen LogP contribution in [0.25, 0.3) is 0 Å². The standard InChI is InChI=1S/C15H18N2O4S/c1-5-21-14(18)13-9(2)16-15(22-13)17-10-6-7-11(19-3)12(8-10)20-4/h6-8,13H,5H2,1-4H3. The molecule has 1 heterocycles. The summed E-state index contributed by atoms with van der Waals surface area (Å²) in [6.45, 7) is 3.93.